The summed E-state index contributed by atoms with van der Waals surface area (Å²) in [5, 5.41) is 8.38. The zero-order chi connectivity index (χ0) is 10.2. The van der Waals surface area contributed by atoms with Crippen LogP contribution in [0.3, 0.4) is 0 Å². The predicted octanol–water partition coefficient (Wildman–Crippen LogP) is 1.79. The maximum atomic E-state index is 10.2. The summed E-state index contributed by atoms with van der Waals surface area (Å²) in [7, 11) is 0. The lowest BCUT2D eigenvalue weighted by atomic mass is 10.2. The lowest BCUT2D eigenvalue weighted by Crippen LogP contribution is -1.93. The summed E-state index contributed by atoms with van der Waals surface area (Å²) in [6.07, 6.45) is 5.08. The third kappa shape index (κ3) is 3.53. The van der Waals surface area contributed by atoms with Crippen molar-refractivity contribution >= 4 is 5.97 Å². The number of aromatic carboxylic acids is 1. The Hall–Kier alpha value is -2.10. The minimum atomic E-state index is -0.879. The Morgan fingerprint density at radius 2 is 2.00 bits per heavy atom. The average Bonchev–Trinajstić information content (AvgIpc) is 2.77. The van der Waals surface area contributed by atoms with Crippen LogP contribution in [0.2, 0.25) is 0 Å². The van der Waals surface area contributed by atoms with Gasteiger partial charge in [-0.2, -0.15) is 0 Å². The van der Waals surface area contributed by atoms with E-state index in [0.717, 1.165) is 0 Å². The van der Waals surface area contributed by atoms with Gasteiger partial charge in [0, 0.05) is 12.4 Å². The summed E-state index contributed by atoms with van der Waals surface area (Å²) in [5.74, 6) is -0.879. The van der Waals surface area contributed by atoms with Crippen molar-refractivity contribution in [1.29, 1.82) is 0 Å². The van der Waals surface area contributed by atoms with E-state index in [2.05, 4.69) is 9.97 Å². The molecule has 2 N–H and O–H groups in total. The molecule has 0 amide bonds. The summed E-state index contributed by atoms with van der Waals surface area (Å²) in [4.78, 5) is 16.6. The number of carboxylic acids is 1. The van der Waals surface area contributed by atoms with Crippen LogP contribution in [-0.2, 0) is 0 Å². The summed E-state index contributed by atoms with van der Waals surface area (Å²) in [6, 6.07) is 8.30. The van der Waals surface area contributed by atoms with Gasteiger partial charge in [0.05, 0.1) is 11.9 Å². The molecule has 0 aliphatic carbocycles. The highest BCUT2D eigenvalue weighted by Gasteiger charge is 1.96. The molecule has 0 fully saturated rings. The van der Waals surface area contributed by atoms with Gasteiger partial charge in [0.25, 0.3) is 0 Å². The SMILES string of the molecule is O=C(O)c1ccccc1.c1c[nH]cn1. The maximum Gasteiger partial charge on any atom is 0.335 e. The van der Waals surface area contributed by atoms with E-state index in [1.165, 1.54) is 0 Å². The highest BCUT2D eigenvalue weighted by atomic mass is 16.4. The van der Waals surface area contributed by atoms with E-state index in [1.807, 2.05) is 0 Å². The van der Waals surface area contributed by atoms with Crippen molar-refractivity contribution in [1.82, 2.24) is 9.97 Å². The molecule has 72 valence electrons. The Balaban J connectivity index is 0.000000165. The van der Waals surface area contributed by atoms with E-state index in [9.17, 15) is 4.79 Å². The van der Waals surface area contributed by atoms with E-state index in [1.54, 1.807) is 49.1 Å². The number of imidazole rings is 1. The van der Waals surface area contributed by atoms with Crippen molar-refractivity contribution in [2.45, 2.75) is 0 Å². The molecule has 0 unspecified atom stereocenters. The fraction of sp³-hybridized carbons (Fsp3) is 0. The van der Waals surface area contributed by atoms with Gasteiger partial charge >= 0.3 is 5.97 Å². The molecule has 0 aliphatic heterocycles. The van der Waals surface area contributed by atoms with Gasteiger partial charge in [-0.1, -0.05) is 18.2 Å². The minimum Gasteiger partial charge on any atom is -0.478 e. The van der Waals surface area contributed by atoms with Crippen LogP contribution in [0, 0.1) is 0 Å². The van der Waals surface area contributed by atoms with E-state index in [4.69, 9.17) is 5.11 Å². The second kappa shape index (κ2) is 5.53. The number of carboxylic acid groups (broad SMARTS) is 1. The third-order valence-electron chi connectivity index (χ3n) is 1.43. The first-order valence-corrected chi connectivity index (χ1v) is 4.02. The molecule has 0 bridgehead atoms. The van der Waals surface area contributed by atoms with Crippen molar-refractivity contribution in [3.8, 4) is 0 Å². The first-order chi connectivity index (χ1) is 6.80. The number of aromatic nitrogens is 2. The summed E-state index contributed by atoms with van der Waals surface area (Å²) in [5.41, 5.74) is 0.331. The Kier molecular flexibility index (Phi) is 3.94. The molecule has 0 aliphatic rings. The molecule has 1 aromatic carbocycles. The first-order valence-electron chi connectivity index (χ1n) is 4.02. The van der Waals surface area contributed by atoms with E-state index in [-0.39, 0.29) is 0 Å². The molecule has 0 saturated carbocycles. The molecule has 4 heteroatoms. The second-order valence-electron chi connectivity index (χ2n) is 2.43. The normalized spacial score (nSPS) is 8.57. The first kappa shape index (κ1) is 9.98. The lowest BCUT2D eigenvalue weighted by Gasteiger charge is -1.88. The van der Waals surface area contributed by atoms with Gasteiger partial charge in [-0.15, -0.1) is 0 Å². The van der Waals surface area contributed by atoms with Crippen molar-refractivity contribution in [2.24, 2.45) is 0 Å². The van der Waals surface area contributed by atoms with Crippen LogP contribution >= 0.6 is 0 Å². The molecule has 0 radical (unpaired) electrons. The quantitative estimate of drug-likeness (QED) is 0.720. The fourth-order valence-electron chi connectivity index (χ4n) is 0.796. The van der Waals surface area contributed by atoms with E-state index in [0.29, 0.717) is 5.56 Å². The Labute approximate surface area is 81.2 Å². The Morgan fingerprint density at radius 1 is 1.29 bits per heavy atom. The fourth-order valence-corrected chi connectivity index (χ4v) is 0.796. The standard InChI is InChI=1S/C7H6O2.C3H4N2/c8-7(9)6-4-2-1-3-5-6;1-2-5-3-4-1/h1-5H,(H,8,9);1-3H,(H,4,5). The highest BCUT2D eigenvalue weighted by Crippen LogP contribution is 1.96. The van der Waals surface area contributed by atoms with Crippen molar-refractivity contribution in [3.05, 3.63) is 54.6 Å². The van der Waals surface area contributed by atoms with Gasteiger partial charge in [0.1, 0.15) is 0 Å². The zero-order valence-electron chi connectivity index (χ0n) is 7.42. The van der Waals surface area contributed by atoms with Crippen LogP contribution in [0.4, 0.5) is 0 Å². The van der Waals surface area contributed by atoms with Crippen molar-refractivity contribution in [3.63, 3.8) is 0 Å². The Morgan fingerprint density at radius 3 is 2.29 bits per heavy atom. The van der Waals surface area contributed by atoms with Crippen LogP contribution in [0.25, 0.3) is 0 Å². The average molecular weight is 190 g/mol. The van der Waals surface area contributed by atoms with Gasteiger partial charge in [0.2, 0.25) is 0 Å². The van der Waals surface area contributed by atoms with Crippen LogP contribution in [0.15, 0.2) is 49.1 Å². The predicted molar refractivity (Wildman–Crippen MR) is 52.0 cm³/mol. The minimum absolute atomic E-state index is 0.331. The summed E-state index contributed by atoms with van der Waals surface area (Å²) < 4.78 is 0. The van der Waals surface area contributed by atoms with Crippen LogP contribution in [0.5, 0.6) is 0 Å². The number of H-pyrrole nitrogens is 1. The van der Waals surface area contributed by atoms with Gasteiger partial charge in [0.15, 0.2) is 0 Å². The van der Waals surface area contributed by atoms with E-state index < -0.39 is 5.97 Å². The maximum absolute atomic E-state index is 10.2. The van der Waals surface area contributed by atoms with Crippen LogP contribution < -0.4 is 0 Å². The number of hydrogen-bond acceptors (Lipinski definition) is 2. The lowest BCUT2D eigenvalue weighted by molar-refractivity contribution is 0.0697. The summed E-state index contributed by atoms with van der Waals surface area (Å²) in [6.45, 7) is 0. The molecule has 1 aromatic heterocycles. The molecule has 4 nitrogen and oxygen atoms in total. The largest absolute Gasteiger partial charge is 0.478 e. The number of carbonyl (C=O) groups is 1. The van der Waals surface area contributed by atoms with Gasteiger partial charge in [-0.3, -0.25) is 0 Å². The number of benzene rings is 1. The topological polar surface area (TPSA) is 66.0 Å². The second-order valence-corrected chi connectivity index (χ2v) is 2.43. The van der Waals surface area contributed by atoms with E-state index >= 15 is 0 Å². The molecule has 1 heterocycles. The van der Waals surface area contributed by atoms with Crippen molar-refractivity contribution in [2.75, 3.05) is 0 Å². The zero-order valence-corrected chi connectivity index (χ0v) is 7.42. The van der Waals surface area contributed by atoms with Crippen molar-refractivity contribution < 1.29 is 9.90 Å². The number of rotatable bonds is 1. The monoisotopic (exact) mass is 190 g/mol. The number of aromatic amines is 1. The molecule has 0 atom stereocenters. The smallest absolute Gasteiger partial charge is 0.335 e. The molecule has 0 spiro atoms. The number of hydrogen-bond donors (Lipinski definition) is 2. The highest BCUT2D eigenvalue weighted by molar-refractivity contribution is 5.87. The van der Waals surface area contributed by atoms with Gasteiger partial charge < -0.3 is 10.1 Å². The van der Waals surface area contributed by atoms with Crippen LogP contribution in [0.1, 0.15) is 10.4 Å². The van der Waals surface area contributed by atoms with Crippen LogP contribution in [-0.4, -0.2) is 21.0 Å². The molecule has 2 rings (SSSR count). The molecule has 0 saturated heterocycles. The number of nitrogens with one attached hydrogen (secondary N) is 1. The molecular formula is C10H10N2O2. The van der Waals surface area contributed by atoms with Gasteiger partial charge in [-0.25, -0.2) is 9.78 Å². The number of nitrogens with zero attached hydrogens (tertiary/aromatic N) is 1. The third-order valence-corrected chi connectivity index (χ3v) is 1.43. The molecule has 14 heavy (non-hydrogen) atoms. The Bertz CT molecular complexity index is 340. The summed E-state index contributed by atoms with van der Waals surface area (Å²) >= 11 is 0. The van der Waals surface area contributed by atoms with Gasteiger partial charge in [-0.05, 0) is 12.1 Å². The molecular weight excluding hydrogens is 180 g/mol. The molecule has 2 aromatic rings.